The number of carbonyl (C=O) groups excluding carboxylic acids is 2. The van der Waals surface area contributed by atoms with Crippen molar-refractivity contribution in [2.75, 3.05) is 12.4 Å². The minimum Gasteiger partial charge on any atom is -0.355 e. The average molecular weight is 468 g/mol. The van der Waals surface area contributed by atoms with Crippen molar-refractivity contribution in [3.63, 3.8) is 0 Å². The molecule has 0 saturated carbocycles. The summed E-state index contributed by atoms with van der Waals surface area (Å²) in [6.45, 7) is 0.379. The third-order valence-electron chi connectivity index (χ3n) is 5.84. The first-order valence-corrected chi connectivity index (χ1v) is 12.2. The molecule has 4 aromatic rings. The second-order valence-corrected chi connectivity index (χ2v) is 9.92. The van der Waals surface area contributed by atoms with Gasteiger partial charge in [-0.3, -0.25) is 9.59 Å². The predicted molar refractivity (Wildman–Crippen MR) is 128 cm³/mol. The van der Waals surface area contributed by atoms with E-state index >= 15 is 0 Å². The second-order valence-electron chi connectivity index (χ2n) is 7.86. The van der Waals surface area contributed by atoms with Gasteiger partial charge >= 0.3 is 0 Å². The van der Waals surface area contributed by atoms with E-state index in [0.29, 0.717) is 22.8 Å². The van der Waals surface area contributed by atoms with Gasteiger partial charge in [0.25, 0.3) is 11.8 Å². The Hall–Kier alpha value is -2.97. The smallest absolute Gasteiger partial charge is 0.272 e. The number of halogens is 1. The normalized spacial score (nSPS) is 13.2. The Kier molecular flexibility index (Phi) is 5.57. The number of anilines is 1. The first-order chi connectivity index (χ1) is 15.5. The summed E-state index contributed by atoms with van der Waals surface area (Å²) < 4.78 is 16.6. The number of aryl methyl sites for hydroxylation is 1. The molecule has 32 heavy (non-hydrogen) atoms. The number of hydrogen-bond acceptors (Lipinski definition) is 4. The van der Waals surface area contributed by atoms with Gasteiger partial charge < -0.3 is 15.2 Å². The van der Waals surface area contributed by atoms with Crippen molar-refractivity contribution in [2.24, 2.45) is 0 Å². The van der Waals surface area contributed by atoms with Gasteiger partial charge in [0.05, 0.1) is 15.8 Å². The van der Waals surface area contributed by atoms with Crippen molar-refractivity contribution in [1.82, 2.24) is 9.88 Å². The minimum absolute atomic E-state index is 0.171. The summed E-state index contributed by atoms with van der Waals surface area (Å²) >= 11 is 3.06. The maximum Gasteiger partial charge on any atom is 0.272 e. The number of fused-ring (bicyclic) bond motifs is 2. The van der Waals surface area contributed by atoms with E-state index in [1.165, 1.54) is 28.3 Å². The fourth-order valence-corrected chi connectivity index (χ4v) is 6.44. The van der Waals surface area contributed by atoms with Crippen molar-refractivity contribution >= 4 is 49.7 Å². The van der Waals surface area contributed by atoms with Crippen LogP contribution in [0.3, 0.4) is 0 Å². The highest BCUT2D eigenvalue weighted by Gasteiger charge is 2.27. The van der Waals surface area contributed by atoms with Crippen molar-refractivity contribution in [3.05, 3.63) is 74.9 Å². The Morgan fingerprint density at radius 2 is 1.97 bits per heavy atom. The van der Waals surface area contributed by atoms with E-state index in [0.717, 1.165) is 47.0 Å². The van der Waals surface area contributed by atoms with Crippen molar-refractivity contribution in [2.45, 2.75) is 32.2 Å². The third kappa shape index (κ3) is 3.73. The lowest BCUT2D eigenvalue weighted by Gasteiger charge is -2.13. The number of nitrogens with zero attached hydrogens (tertiary/aromatic N) is 1. The molecule has 0 fully saturated rings. The summed E-state index contributed by atoms with van der Waals surface area (Å²) in [5.41, 5.74) is 3.85. The zero-order valence-electron chi connectivity index (χ0n) is 17.5. The molecule has 0 spiro atoms. The van der Waals surface area contributed by atoms with Gasteiger partial charge in [-0.25, -0.2) is 4.39 Å². The molecule has 0 aliphatic heterocycles. The van der Waals surface area contributed by atoms with Crippen LogP contribution in [0, 0.1) is 5.82 Å². The van der Waals surface area contributed by atoms with E-state index in [1.54, 1.807) is 24.5 Å². The van der Waals surface area contributed by atoms with Gasteiger partial charge in [-0.05, 0) is 66.5 Å². The van der Waals surface area contributed by atoms with Crippen LogP contribution in [0.15, 0.2) is 41.8 Å². The molecule has 0 bridgehead atoms. The van der Waals surface area contributed by atoms with Crippen molar-refractivity contribution < 1.29 is 14.0 Å². The number of aromatic nitrogens is 1. The Morgan fingerprint density at radius 3 is 2.78 bits per heavy atom. The fourth-order valence-electron chi connectivity index (χ4n) is 4.34. The molecule has 0 unspecified atom stereocenters. The number of hydrogen-bond donors (Lipinski definition) is 2. The van der Waals surface area contributed by atoms with Gasteiger partial charge in [-0.1, -0.05) is 12.1 Å². The summed E-state index contributed by atoms with van der Waals surface area (Å²) in [4.78, 5) is 27.2. The Bertz CT molecular complexity index is 1330. The van der Waals surface area contributed by atoms with E-state index < -0.39 is 0 Å². The molecule has 1 aliphatic rings. The number of benzene rings is 1. The van der Waals surface area contributed by atoms with Crippen LogP contribution in [0.25, 0.3) is 10.2 Å². The van der Waals surface area contributed by atoms with Crippen LogP contribution in [0.5, 0.6) is 0 Å². The van der Waals surface area contributed by atoms with E-state index in [9.17, 15) is 14.0 Å². The number of nitrogens with one attached hydrogen (secondary N) is 2. The maximum absolute atomic E-state index is 13.7. The number of amides is 2. The molecule has 8 heteroatoms. The van der Waals surface area contributed by atoms with Crippen molar-refractivity contribution in [1.29, 1.82) is 0 Å². The molecule has 0 atom stereocenters. The summed E-state index contributed by atoms with van der Waals surface area (Å²) in [7, 11) is 1.61. The van der Waals surface area contributed by atoms with Gasteiger partial charge in [0.2, 0.25) is 0 Å². The molecule has 5 nitrogen and oxygen atoms in total. The van der Waals surface area contributed by atoms with Gasteiger partial charge in [0, 0.05) is 18.5 Å². The zero-order chi connectivity index (χ0) is 22.2. The first-order valence-electron chi connectivity index (χ1n) is 10.5. The van der Waals surface area contributed by atoms with Crippen molar-refractivity contribution in [3.8, 4) is 0 Å². The largest absolute Gasteiger partial charge is 0.355 e. The Morgan fingerprint density at radius 1 is 1.12 bits per heavy atom. The molecule has 1 aliphatic carbocycles. The third-order valence-corrected chi connectivity index (χ3v) is 7.90. The van der Waals surface area contributed by atoms with E-state index in [1.807, 2.05) is 28.1 Å². The van der Waals surface area contributed by atoms with E-state index in [2.05, 4.69) is 10.6 Å². The molecule has 2 N–H and O–H groups in total. The second kappa shape index (κ2) is 8.52. The molecule has 5 rings (SSSR count). The van der Waals surface area contributed by atoms with Crippen LogP contribution in [-0.4, -0.2) is 23.4 Å². The average Bonchev–Trinajstić information content (AvgIpc) is 3.47. The van der Waals surface area contributed by atoms with Gasteiger partial charge in [-0.15, -0.1) is 22.7 Å². The lowest BCUT2D eigenvalue weighted by Crippen LogP contribution is -2.23. The zero-order valence-corrected chi connectivity index (χ0v) is 19.2. The van der Waals surface area contributed by atoms with Crippen LogP contribution in [-0.2, 0) is 19.4 Å². The summed E-state index contributed by atoms with van der Waals surface area (Å²) in [6, 6.07) is 10.2. The van der Waals surface area contributed by atoms with Crippen LogP contribution in [0.2, 0.25) is 0 Å². The molecular weight excluding hydrogens is 445 g/mol. The SMILES string of the molecule is CNC(=O)c1c(NC(=O)c2cc3sccc3n2Cc2cccc(F)c2)sc2c1CCCC2. The highest BCUT2D eigenvalue weighted by Crippen LogP contribution is 2.38. The standard InChI is InChI=1S/C24H22FN3O2S2/c1-26-23(30)21-16-7-2-3-8-19(16)32-24(21)27-22(29)18-12-20-17(9-10-31-20)28(18)13-14-5-4-6-15(25)11-14/h4-6,9-12H,2-3,7-8,13H2,1H3,(H,26,30)(H,27,29). The summed E-state index contributed by atoms with van der Waals surface area (Å²) in [5.74, 6) is -0.744. The Labute approximate surface area is 192 Å². The van der Waals surface area contributed by atoms with Crippen LogP contribution in [0.4, 0.5) is 9.39 Å². The number of rotatable bonds is 5. The molecule has 164 valence electrons. The van der Waals surface area contributed by atoms with Crippen LogP contribution >= 0.6 is 22.7 Å². The molecular formula is C24H22FN3O2S2. The Balaban J connectivity index is 1.52. The summed E-state index contributed by atoms with van der Waals surface area (Å²) in [5, 5.41) is 8.31. The summed E-state index contributed by atoms with van der Waals surface area (Å²) in [6.07, 6.45) is 3.94. The molecule has 1 aromatic carbocycles. The minimum atomic E-state index is -0.304. The lowest BCUT2D eigenvalue weighted by molar-refractivity contribution is 0.0963. The van der Waals surface area contributed by atoms with Gasteiger partial charge in [0.1, 0.15) is 16.5 Å². The topological polar surface area (TPSA) is 63.1 Å². The number of carbonyl (C=O) groups is 2. The quantitative estimate of drug-likeness (QED) is 0.410. The predicted octanol–water partition coefficient (Wildman–Crippen LogP) is 5.44. The van der Waals surface area contributed by atoms with Crippen LogP contribution in [0.1, 0.15) is 49.7 Å². The first kappa shape index (κ1) is 20.9. The molecule has 0 saturated heterocycles. The van der Waals surface area contributed by atoms with Gasteiger partial charge in [-0.2, -0.15) is 0 Å². The van der Waals surface area contributed by atoms with Crippen LogP contribution < -0.4 is 10.6 Å². The lowest BCUT2D eigenvalue weighted by atomic mass is 9.95. The highest BCUT2D eigenvalue weighted by molar-refractivity contribution is 7.17. The monoisotopic (exact) mass is 467 g/mol. The highest BCUT2D eigenvalue weighted by atomic mass is 32.1. The fraction of sp³-hybridized carbons (Fsp3) is 0.250. The molecule has 3 aromatic heterocycles. The molecule has 0 radical (unpaired) electrons. The molecule has 3 heterocycles. The van der Waals surface area contributed by atoms with E-state index in [-0.39, 0.29) is 17.6 Å². The van der Waals surface area contributed by atoms with Gasteiger partial charge in [0.15, 0.2) is 0 Å². The van der Waals surface area contributed by atoms with E-state index in [4.69, 9.17) is 0 Å². The molecule has 2 amide bonds. The number of thiophene rings is 2. The maximum atomic E-state index is 13.7.